The molecule has 0 saturated heterocycles. The minimum absolute atomic E-state index is 0.146. The van der Waals surface area contributed by atoms with Gasteiger partial charge in [0, 0.05) is 18.5 Å². The van der Waals surface area contributed by atoms with E-state index < -0.39 is 12.0 Å². The van der Waals surface area contributed by atoms with Gasteiger partial charge in [0.05, 0.1) is 12.1 Å². The highest BCUT2D eigenvalue weighted by molar-refractivity contribution is 6.33. The molecule has 2 heterocycles. The van der Waals surface area contributed by atoms with E-state index in [0.717, 1.165) is 11.1 Å². The first kappa shape index (κ1) is 19.1. The second-order valence-electron chi connectivity index (χ2n) is 6.66. The van der Waals surface area contributed by atoms with Crippen LogP contribution in [0.5, 0.6) is 0 Å². The molecule has 29 heavy (non-hydrogen) atoms. The number of methoxy groups -OCH3 is 1. The van der Waals surface area contributed by atoms with Crippen molar-refractivity contribution < 1.29 is 14.3 Å². The van der Waals surface area contributed by atoms with Crippen molar-refractivity contribution in [3.05, 3.63) is 64.7 Å². The summed E-state index contributed by atoms with van der Waals surface area (Å²) in [5.41, 5.74) is 2.67. The lowest BCUT2D eigenvalue weighted by molar-refractivity contribution is -0.154. The Hall–Kier alpha value is -3.26. The van der Waals surface area contributed by atoms with E-state index in [-0.39, 0.29) is 12.5 Å². The molecule has 0 bridgehead atoms. The predicted molar refractivity (Wildman–Crippen MR) is 105 cm³/mol. The van der Waals surface area contributed by atoms with E-state index in [4.69, 9.17) is 16.3 Å². The first-order chi connectivity index (χ1) is 14.1. The molecular formula is C20H18ClN5O3. The van der Waals surface area contributed by atoms with E-state index in [0.29, 0.717) is 29.4 Å². The van der Waals surface area contributed by atoms with Crippen molar-refractivity contribution in [2.75, 3.05) is 7.11 Å². The molecule has 148 valence electrons. The van der Waals surface area contributed by atoms with Gasteiger partial charge < -0.3 is 9.64 Å². The van der Waals surface area contributed by atoms with Gasteiger partial charge in [0.1, 0.15) is 12.6 Å². The number of hydrogen-bond donors (Lipinski definition) is 0. The average Bonchev–Trinajstić information content (AvgIpc) is 3.20. The number of esters is 1. The van der Waals surface area contributed by atoms with Gasteiger partial charge in [0.2, 0.25) is 11.7 Å². The molecule has 0 aliphatic carbocycles. The van der Waals surface area contributed by atoms with Crippen molar-refractivity contribution in [2.45, 2.75) is 25.6 Å². The Kier molecular flexibility index (Phi) is 5.26. The van der Waals surface area contributed by atoms with Crippen LogP contribution in [-0.4, -0.2) is 50.1 Å². The molecule has 1 atom stereocenters. The third-order valence-corrected chi connectivity index (χ3v) is 5.22. The van der Waals surface area contributed by atoms with Gasteiger partial charge in [-0.05, 0) is 28.5 Å². The van der Waals surface area contributed by atoms with Crippen molar-refractivity contribution in [1.82, 2.24) is 25.1 Å². The molecule has 0 N–H and O–H groups in total. The molecule has 1 aliphatic heterocycles. The van der Waals surface area contributed by atoms with Gasteiger partial charge in [0.15, 0.2) is 0 Å². The first-order valence-electron chi connectivity index (χ1n) is 9.03. The van der Waals surface area contributed by atoms with Crippen molar-refractivity contribution in [2.24, 2.45) is 0 Å². The van der Waals surface area contributed by atoms with E-state index in [2.05, 4.69) is 15.4 Å². The molecule has 0 fully saturated rings. The number of aromatic nitrogens is 4. The number of fused-ring (bicyclic) bond motifs is 1. The maximum Gasteiger partial charge on any atom is 0.328 e. The highest BCUT2D eigenvalue weighted by Gasteiger charge is 2.35. The Balaban J connectivity index is 1.56. The van der Waals surface area contributed by atoms with Crippen LogP contribution in [0.15, 0.2) is 48.5 Å². The molecular weight excluding hydrogens is 394 g/mol. The van der Waals surface area contributed by atoms with Crippen LogP contribution in [0.25, 0.3) is 11.4 Å². The van der Waals surface area contributed by atoms with Crippen molar-refractivity contribution in [1.29, 1.82) is 0 Å². The van der Waals surface area contributed by atoms with Gasteiger partial charge >= 0.3 is 5.97 Å². The summed E-state index contributed by atoms with van der Waals surface area (Å²) in [6.45, 7) is 0.175. The number of nitrogens with zero attached hydrogens (tertiary/aromatic N) is 5. The first-order valence-corrected chi connectivity index (χ1v) is 9.41. The van der Waals surface area contributed by atoms with Crippen LogP contribution >= 0.6 is 11.6 Å². The number of tetrazole rings is 1. The van der Waals surface area contributed by atoms with Crippen molar-refractivity contribution in [3.63, 3.8) is 0 Å². The monoisotopic (exact) mass is 411 g/mol. The maximum absolute atomic E-state index is 13.0. The molecule has 0 saturated carbocycles. The van der Waals surface area contributed by atoms with Gasteiger partial charge in [-0.3, -0.25) is 4.79 Å². The minimum Gasteiger partial charge on any atom is -0.467 e. The fraction of sp³-hybridized carbons (Fsp3) is 0.250. The molecule has 0 spiro atoms. The number of carbonyl (C=O) groups excluding carboxylic acids is 2. The Morgan fingerprint density at radius 3 is 2.62 bits per heavy atom. The molecule has 0 unspecified atom stereocenters. The summed E-state index contributed by atoms with van der Waals surface area (Å²) in [6, 6.07) is 14.2. The average molecular weight is 412 g/mol. The lowest BCUT2D eigenvalue weighted by atomic mass is 9.94. The van der Waals surface area contributed by atoms with Crippen LogP contribution in [0, 0.1) is 0 Å². The topological polar surface area (TPSA) is 90.2 Å². The zero-order chi connectivity index (χ0) is 20.4. The minimum atomic E-state index is -0.686. The Morgan fingerprint density at radius 2 is 1.86 bits per heavy atom. The largest absolute Gasteiger partial charge is 0.467 e. The number of ether oxygens (including phenoxy) is 1. The molecule has 9 heteroatoms. The normalized spacial score (nSPS) is 15.7. The van der Waals surface area contributed by atoms with Crippen molar-refractivity contribution in [3.8, 4) is 11.4 Å². The number of amides is 1. The van der Waals surface area contributed by atoms with Gasteiger partial charge in [0.25, 0.3) is 0 Å². The van der Waals surface area contributed by atoms with Gasteiger partial charge in [-0.25, -0.2) is 4.79 Å². The number of rotatable bonds is 4. The number of hydrogen-bond acceptors (Lipinski definition) is 6. The number of carbonyl (C=O) groups is 2. The van der Waals surface area contributed by atoms with E-state index in [1.807, 2.05) is 30.3 Å². The van der Waals surface area contributed by atoms with Crippen LogP contribution in [0.2, 0.25) is 5.02 Å². The van der Waals surface area contributed by atoms with Crippen LogP contribution in [0.4, 0.5) is 0 Å². The second kappa shape index (κ2) is 8.00. The summed E-state index contributed by atoms with van der Waals surface area (Å²) in [5, 5.41) is 12.7. The zero-order valence-electron chi connectivity index (χ0n) is 15.7. The van der Waals surface area contributed by atoms with E-state index in [1.54, 1.807) is 18.2 Å². The third kappa shape index (κ3) is 3.84. The van der Waals surface area contributed by atoms with Gasteiger partial charge in [-0.2, -0.15) is 4.80 Å². The zero-order valence-corrected chi connectivity index (χ0v) is 16.4. The third-order valence-electron chi connectivity index (χ3n) is 4.89. The van der Waals surface area contributed by atoms with Crippen molar-refractivity contribution >= 4 is 23.5 Å². The second-order valence-corrected chi connectivity index (χ2v) is 7.06. The maximum atomic E-state index is 13.0. The molecule has 3 aromatic rings. The summed E-state index contributed by atoms with van der Waals surface area (Å²) in [5.74, 6) is -0.411. The fourth-order valence-electron chi connectivity index (χ4n) is 3.40. The number of benzene rings is 2. The van der Waals surface area contributed by atoms with E-state index >= 15 is 0 Å². The molecule has 0 radical (unpaired) electrons. The lowest BCUT2D eigenvalue weighted by Crippen LogP contribution is -2.50. The molecule has 8 nitrogen and oxygen atoms in total. The van der Waals surface area contributed by atoms with Gasteiger partial charge in [-0.15, -0.1) is 10.2 Å². The Bertz CT molecular complexity index is 1070. The summed E-state index contributed by atoms with van der Waals surface area (Å²) < 4.78 is 4.91. The fourth-order valence-corrected chi connectivity index (χ4v) is 3.62. The van der Waals surface area contributed by atoms with Crippen LogP contribution in [-0.2, 0) is 33.8 Å². The number of halogens is 1. The molecule has 1 aromatic heterocycles. The Morgan fingerprint density at radius 1 is 1.14 bits per heavy atom. The summed E-state index contributed by atoms with van der Waals surface area (Å²) in [7, 11) is 1.32. The quantitative estimate of drug-likeness (QED) is 0.611. The summed E-state index contributed by atoms with van der Waals surface area (Å²) >= 11 is 6.17. The molecule has 2 aromatic carbocycles. The van der Waals surface area contributed by atoms with Crippen LogP contribution in [0.1, 0.15) is 11.1 Å². The lowest BCUT2D eigenvalue weighted by Gasteiger charge is -2.35. The van der Waals surface area contributed by atoms with Crippen LogP contribution in [0.3, 0.4) is 0 Å². The predicted octanol–water partition coefficient (Wildman–Crippen LogP) is 2.12. The highest BCUT2D eigenvalue weighted by atomic mass is 35.5. The van der Waals surface area contributed by atoms with E-state index in [9.17, 15) is 9.59 Å². The Labute approximate surface area is 172 Å². The molecule has 4 rings (SSSR count). The SMILES string of the molecule is COC(=O)[C@@H]1Cc2ccccc2CN1C(=O)Cn1nnc(-c2ccccc2Cl)n1. The molecule has 1 aliphatic rings. The summed E-state index contributed by atoms with van der Waals surface area (Å²) in [4.78, 5) is 28.0. The summed E-state index contributed by atoms with van der Waals surface area (Å²) in [6.07, 6.45) is 0.407. The van der Waals surface area contributed by atoms with E-state index in [1.165, 1.54) is 16.8 Å². The standard InChI is InChI=1S/C20H18ClN5O3/c1-29-20(28)17-10-13-6-2-3-7-14(13)11-25(17)18(27)12-26-23-19(22-24-26)15-8-4-5-9-16(15)21/h2-9,17H,10-12H2,1H3/t17-/m0/s1. The van der Waals surface area contributed by atoms with Crippen LogP contribution < -0.4 is 0 Å². The highest BCUT2D eigenvalue weighted by Crippen LogP contribution is 2.25. The smallest absolute Gasteiger partial charge is 0.328 e. The van der Waals surface area contributed by atoms with Gasteiger partial charge in [-0.1, -0.05) is 48.0 Å². The molecule has 1 amide bonds.